The number of hydrogen-bond donors (Lipinski definition) is 2. The van der Waals surface area contributed by atoms with Crippen molar-refractivity contribution in [1.29, 1.82) is 0 Å². The molecule has 0 aliphatic carbocycles. The Morgan fingerprint density at radius 2 is 1.70 bits per heavy atom. The van der Waals surface area contributed by atoms with Gasteiger partial charge < -0.3 is 34.2 Å². The van der Waals surface area contributed by atoms with Crippen LogP contribution in [0.15, 0.2) is 42.7 Å². The summed E-state index contributed by atoms with van der Waals surface area (Å²) < 4.78 is 39.9. The van der Waals surface area contributed by atoms with Gasteiger partial charge in [0.15, 0.2) is 24.0 Å². The number of piperidine rings is 1. The van der Waals surface area contributed by atoms with Gasteiger partial charge in [0.2, 0.25) is 5.91 Å². The highest BCUT2D eigenvalue weighted by Crippen LogP contribution is 2.33. The number of benzene rings is 2. The summed E-state index contributed by atoms with van der Waals surface area (Å²) in [5, 5.41) is 10.1. The number of aromatic nitrogens is 4. The van der Waals surface area contributed by atoms with Gasteiger partial charge in [-0.25, -0.2) is 13.8 Å². The minimum atomic E-state index is -1.09. The van der Waals surface area contributed by atoms with Gasteiger partial charge in [-0.15, -0.1) is 0 Å². The van der Waals surface area contributed by atoms with Crippen LogP contribution in [0.4, 0.5) is 14.5 Å². The third-order valence-corrected chi connectivity index (χ3v) is 11.6. The maximum atomic E-state index is 15.6. The van der Waals surface area contributed by atoms with Gasteiger partial charge in [0.05, 0.1) is 67.5 Å². The summed E-state index contributed by atoms with van der Waals surface area (Å²) in [7, 11) is 3.09. The molecule has 5 heterocycles. The summed E-state index contributed by atoms with van der Waals surface area (Å²) in [4.78, 5) is 59.8. The number of amides is 4. The number of carbonyl (C=O) groups excluding carboxylic acids is 4. The van der Waals surface area contributed by atoms with E-state index >= 15 is 8.78 Å². The van der Waals surface area contributed by atoms with E-state index in [2.05, 4.69) is 20.7 Å². The Morgan fingerprint density at radius 1 is 1.00 bits per heavy atom. The molecule has 3 aliphatic heterocycles. The fraction of sp³-hybridized carbons (Fsp3) is 0.436. The van der Waals surface area contributed by atoms with Gasteiger partial charge in [0.1, 0.15) is 0 Å². The summed E-state index contributed by atoms with van der Waals surface area (Å²) in [6, 6.07) is 7.47. The van der Waals surface area contributed by atoms with Gasteiger partial charge in [-0.2, -0.15) is 5.10 Å². The Balaban J connectivity index is 0.950. The van der Waals surface area contributed by atoms with Gasteiger partial charge >= 0.3 is 0 Å². The van der Waals surface area contributed by atoms with Crippen molar-refractivity contribution < 1.29 is 37.2 Å². The zero-order chi connectivity index (χ0) is 39.7. The number of aryl methyl sites for hydroxylation is 1. The SMILES string of the molecule is COCCn1cc(-c2ccc(-c3cnc(C(=O)Nc4ccc(C(=O)N5CCN(C(=O)C6CC[N+]7(CCNC(=O)C7)CC6)CC5)c(Cl)c4)n3C)c(F)c2F)c(C)n1. The van der Waals surface area contributed by atoms with Gasteiger partial charge in [0, 0.05) is 87.7 Å². The number of nitrogens with zero attached hydrogens (tertiary/aromatic N) is 7. The maximum Gasteiger partial charge on any atom is 0.291 e. The largest absolute Gasteiger partial charge is 0.383 e. The third kappa shape index (κ3) is 7.77. The van der Waals surface area contributed by atoms with Crippen molar-refractivity contribution in [2.24, 2.45) is 13.0 Å². The normalized spacial score (nSPS) is 20.0. The van der Waals surface area contributed by atoms with E-state index in [4.69, 9.17) is 16.3 Å². The number of rotatable bonds is 9. The molecule has 2 N–H and O–H groups in total. The lowest BCUT2D eigenvalue weighted by atomic mass is 9.92. The molecular formula is C39H45ClF2N9O5+. The molecule has 7 rings (SSSR count). The van der Waals surface area contributed by atoms with E-state index in [1.54, 1.807) is 35.9 Å². The van der Waals surface area contributed by atoms with E-state index in [1.165, 1.54) is 42.1 Å². The molecule has 1 spiro atoms. The lowest BCUT2D eigenvalue weighted by Gasteiger charge is -2.46. The molecule has 3 fully saturated rings. The highest BCUT2D eigenvalue weighted by molar-refractivity contribution is 6.34. The first-order valence-corrected chi connectivity index (χ1v) is 19.1. The smallest absolute Gasteiger partial charge is 0.291 e. The van der Waals surface area contributed by atoms with Gasteiger partial charge in [0.25, 0.3) is 17.7 Å². The Bertz CT molecular complexity index is 2170. The van der Waals surface area contributed by atoms with Crippen LogP contribution in [0.3, 0.4) is 0 Å². The van der Waals surface area contributed by atoms with Crippen molar-refractivity contribution in [2.75, 3.05) is 77.9 Å². The van der Waals surface area contributed by atoms with Crippen LogP contribution in [-0.2, 0) is 27.9 Å². The second-order valence-electron chi connectivity index (χ2n) is 14.8. The van der Waals surface area contributed by atoms with E-state index < -0.39 is 17.5 Å². The predicted molar refractivity (Wildman–Crippen MR) is 204 cm³/mol. The van der Waals surface area contributed by atoms with E-state index in [9.17, 15) is 19.2 Å². The van der Waals surface area contributed by atoms with Crippen LogP contribution >= 0.6 is 11.6 Å². The molecule has 0 unspecified atom stereocenters. The van der Waals surface area contributed by atoms with Gasteiger partial charge in [-0.1, -0.05) is 17.7 Å². The molecule has 2 aromatic carbocycles. The number of anilines is 1. The molecule has 3 aliphatic rings. The topological polar surface area (TPSA) is 144 Å². The minimum absolute atomic E-state index is 0.0592. The number of halogens is 3. The summed E-state index contributed by atoms with van der Waals surface area (Å²) in [5.41, 5.74) is 1.74. The average Bonchev–Trinajstić information content (AvgIpc) is 3.76. The molecular weight excluding hydrogens is 748 g/mol. The number of hydrogen-bond acceptors (Lipinski definition) is 7. The fourth-order valence-corrected chi connectivity index (χ4v) is 8.30. The number of carbonyl (C=O) groups is 4. The second-order valence-corrected chi connectivity index (χ2v) is 15.2. The summed E-state index contributed by atoms with van der Waals surface area (Å²) in [5.74, 6) is -2.99. The maximum absolute atomic E-state index is 15.6. The molecule has 2 aromatic heterocycles. The van der Waals surface area contributed by atoms with Crippen LogP contribution in [0.1, 0.15) is 39.5 Å². The zero-order valence-electron chi connectivity index (χ0n) is 31.6. The molecule has 0 radical (unpaired) electrons. The highest BCUT2D eigenvalue weighted by Gasteiger charge is 2.41. The number of ether oxygens (including phenoxy) is 1. The van der Waals surface area contributed by atoms with Crippen molar-refractivity contribution in [3.8, 4) is 22.4 Å². The minimum Gasteiger partial charge on any atom is -0.383 e. The highest BCUT2D eigenvalue weighted by atomic mass is 35.5. The first-order chi connectivity index (χ1) is 26.9. The first-order valence-electron chi connectivity index (χ1n) is 18.7. The summed E-state index contributed by atoms with van der Waals surface area (Å²) in [6.45, 7) is 7.86. The van der Waals surface area contributed by atoms with Crippen LogP contribution in [0.5, 0.6) is 0 Å². The monoisotopic (exact) mass is 792 g/mol. The molecule has 17 heteroatoms. The van der Waals surface area contributed by atoms with Crippen molar-refractivity contribution in [1.82, 2.24) is 34.4 Å². The van der Waals surface area contributed by atoms with Crippen molar-refractivity contribution in [3.05, 3.63) is 76.5 Å². The first kappa shape index (κ1) is 39.1. The summed E-state index contributed by atoms with van der Waals surface area (Å²) in [6.07, 6.45) is 4.44. The molecule has 296 valence electrons. The lowest BCUT2D eigenvalue weighted by Crippen LogP contribution is -2.64. The standard InChI is InChI=1S/C39H44ClF2N9O5/c1-24-30(22-50(46-24)15-19-56-3)27-6-7-29(35(42)34(27)41)32-21-44-36(47(32)2)37(53)45-26-4-5-28(31(40)20-26)39(55)49-13-11-48(12-14-49)38(54)25-8-16-51(17-9-25)18-10-43-33(52)23-51/h4-7,20-22,25H,8-19,23H2,1-3H3,(H-,43,45,52,53,55)/p+1. The van der Waals surface area contributed by atoms with Crippen molar-refractivity contribution in [2.45, 2.75) is 26.3 Å². The summed E-state index contributed by atoms with van der Waals surface area (Å²) >= 11 is 6.56. The Morgan fingerprint density at radius 3 is 2.39 bits per heavy atom. The number of nitrogens with one attached hydrogen (secondary N) is 2. The zero-order valence-corrected chi connectivity index (χ0v) is 32.4. The molecule has 4 amide bonds. The quantitative estimate of drug-likeness (QED) is 0.246. The Labute approximate surface area is 327 Å². The van der Waals surface area contributed by atoms with Crippen LogP contribution in [0.25, 0.3) is 22.4 Å². The number of methoxy groups -OCH3 is 1. The number of piperazine rings is 2. The third-order valence-electron chi connectivity index (χ3n) is 11.3. The molecule has 0 atom stereocenters. The van der Waals surface area contributed by atoms with Crippen LogP contribution in [0.2, 0.25) is 5.02 Å². The van der Waals surface area contributed by atoms with Crippen LogP contribution in [-0.4, -0.2) is 130 Å². The molecule has 0 saturated carbocycles. The van der Waals surface area contributed by atoms with Crippen LogP contribution < -0.4 is 10.6 Å². The van der Waals surface area contributed by atoms with E-state index in [0.29, 0.717) is 69.4 Å². The van der Waals surface area contributed by atoms with E-state index in [0.717, 1.165) is 37.0 Å². The Kier molecular flexibility index (Phi) is 11.2. The van der Waals surface area contributed by atoms with Gasteiger partial charge in [-0.05, 0) is 31.2 Å². The molecule has 4 aromatic rings. The van der Waals surface area contributed by atoms with Crippen molar-refractivity contribution in [3.63, 3.8) is 0 Å². The number of quaternary nitrogens is 1. The molecule has 0 bridgehead atoms. The van der Waals surface area contributed by atoms with Gasteiger partial charge in [-0.3, -0.25) is 23.9 Å². The van der Waals surface area contributed by atoms with E-state index in [-0.39, 0.29) is 56.9 Å². The van der Waals surface area contributed by atoms with Crippen LogP contribution in [0, 0.1) is 24.5 Å². The lowest BCUT2D eigenvalue weighted by molar-refractivity contribution is -0.927. The van der Waals surface area contributed by atoms with E-state index in [1.807, 2.05) is 4.90 Å². The molecule has 14 nitrogen and oxygen atoms in total. The number of imidazole rings is 1. The second kappa shape index (κ2) is 16.1. The Hall–Kier alpha value is -5.19. The molecule has 56 heavy (non-hydrogen) atoms. The predicted octanol–water partition coefficient (Wildman–Crippen LogP) is 3.73. The van der Waals surface area contributed by atoms with Crippen molar-refractivity contribution >= 4 is 40.9 Å². The molecule has 3 saturated heterocycles. The average molecular weight is 793 g/mol. The fourth-order valence-electron chi connectivity index (χ4n) is 8.04.